The number of phenolic OH excluding ortho intramolecular Hbond substituents is 1. The van der Waals surface area contributed by atoms with Gasteiger partial charge in [0.05, 0.1) is 6.04 Å². The molecule has 0 bridgehead atoms. The minimum absolute atomic E-state index is 0.110. The number of fused-ring (bicyclic) bond motifs is 2. The van der Waals surface area contributed by atoms with Gasteiger partial charge >= 0.3 is 0 Å². The molecule has 3 aromatic carbocycles. The van der Waals surface area contributed by atoms with Crippen LogP contribution in [0.2, 0.25) is 0 Å². The Morgan fingerprint density at radius 2 is 1.65 bits per heavy atom. The summed E-state index contributed by atoms with van der Waals surface area (Å²) in [6, 6.07) is 26.8. The minimum atomic E-state index is 0.110. The average molecular weight is 337 g/mol. The molecule has 126 valence electrons. The Kier molecular flexibility index (Phi) is 3.42. The monoisotopic (exact) mass is 337 g/mol. The number of aromatic hydroxyl groups is 1. The van der Waals surface area contributed by atoms with Crippen LogP contribution in [0, 0.1) is 0 Å². The van der Waals surface area contributed by atoms with E-state index in [2.05, 4.69) is 66.0 Å². The fourth-order valence-corrected chi connectivity index (χ4v) is 4.00. The summed E-state index contributed by atoms with van der Waals surface area (Å²) in [4.78, 5) is 0. The van der Waals surface area contributed by atoms with Crippen LogP contribution in [0.4, 0.5) is 0 Å². The molecule has 0 saturated carbocycles. The molecular formula is C24H19NO. The van der Waals surface area contributed by atoms with Crippen molar-refractivity contribution < 1.29 is 5.11 Å². The summed E-state index contributed by atoms with van der Waals surface area (Å²) in [5.41, 5.74) is 8.67. The van der Waals surface area contributed by atoms with Gasteiger partial charge in [-0.1, -0.05) is 66.7 Å². The van der Waals surface area contributed by atoms with Crippen LogP contribution in [0.1, 0.15) is 28.3 Å². The lowest BCUT2D eigenvalue weighted by Gasteiger charge is -2.27. The van der Waals surface area contributed by atoms with Gasteiger partial charge in [0.25, 0.3) is 0 Å². The van der Waals surface area contributed by atoms with Crippen molar-refractivity contribution in [2.24, 2.45) is 0 Å². The van der Waals surface area contributed by atoms with E-state index in [0.29, 0.717) is 5.75 Å². The molecule has 2 heteroatoms. The first-order chi connectivity index (χ1) is 12.8. The molecule has 0 fully saturated rings. The molecule has 0 radical (unpaired) electrons. The van der Waals surface area contributed by atoms with Crippen molar-refractivity contribution in [2.75, 3.05) is 0 Å². The highest BCUT2D eigenvalue weighted by Gasteiger charge is 2.30. The molecule has 1 atom stereocenters. The number of allylic oxidation sites excluding steroid dienone is 2. The summed E-state index contributed by atoms with van der Waals surface area (Å²) in [5.74, 6) is 0.302. The van der Waals surface area contributed by atoms with Crippen molar-refractivity contribution in [3.63, 3.8) is 0 Å². The van der Waals surface area contributed by atoms with E-state index in [1.165, 1.54) is 33.5 Å². The molecule has 3 aromatic rings. The Bertz CT molecular complexity index is 1050. The molecule has 1 unspecified atom stereocenters. The van der Waals surface area contributed by atoms with Gasteiger partial charge in [-0.3, -0.25) is 0 Å². The van der Waals surface area contributed by atoms with Gasteiger partial charge in [0.1, 0.15) is 5.75 Å². The Morgan fingerprint density at radius 3 is 2.50 bits per heavy atom. The first-order valence-corrected chi connectivity index (χ1v) is 8.94. The molecule has 1 aliphatic carbocycles. The number of hydrogen-bond acceptors (Lipinski definition) is 2. The molecule has 26 heavy (non-hydrogen) atoms. The third-order valence-corrected chi connectivity index (χ3v) is 5.23. The topological polar surface area (TPSA) is 32.3 Å². The van der Waals surface area contributed by atoms with E-state index in [4.69, 9.17) is 0 Å². The van der Waals surface area contributed by atoms with Crippen molar-refractivity contribution in [3.8, 4) is 5.75 Å². The lowest BCUT2D eigenvalue weighted by Crippen LogP contribution is -2.22. The predicted molar refractivity (Wildman–Crippen MR) is 105 cm³/mol. The summed E-state index contributed by atoms with van der Waals surface area (Å²) in [6.45, 7) is 0. The Labute approximate surface area is 153 Å². The Hall–Kier alpha value is -3.26. The van der Waals surface area contributed by atoms with E-state index in [0.717, 1.165) is 12.0 Å². The Morgan fingerprint density at radius 1 is 0.846 bits per heavy atom. The quantitative estimate of drug-likeness (QED) is 0.683. The van der Waals surface area contributed by atoms with Gasteiger partial charge in [0, 0.05) is 17.7 Å². The van der Waals surface area contributed by atoms with Gasteiger partial charge in [0.2, 0.25) is 0 Å². The zero-order valence-corrected chi connectivity index (χ0v) is 14.3. The van der Waals surface area contributed by atoms with Crippen molar-refractivity contribution >= 4 is 11.3 Å². The van der Waals surface area contributed by atoms with Gasteiger partial charge in [-0.05, 0) is 46.0 Å². The van der Waals surface area contributed by atoms with Crippen molar-refractivity contribution in [2.45, 2.75) is 12.5 Å². The number of nitrogens with one attached hydrogen (secondary N) is 1. The minimum Gasteiger partial charge on any atom is -0.508 e. The molecule has 0 saturated heterocycles. The maximum absolute atomic E-state index is 9.98. The molecule has 1 heterocycles. The van der Waals surface area contributed by atoms with Crippen molar-refractivity contribution in [3.05, 3.63) is 113 Å². The van der Waals surface area contributed by atoms with Gasteiger partial charge in [-0.15, -0.1) is 0 Å². The van der Waals surface area contributed by atoms with Crippen molar-refractivity contribution in [1.82, 2.24) is 5.32 Å². The molecule has 5 rings (SSSR count). The van der Waals surface area contributed by atoms with Gasteiger partial charge in [-0.25, -0.2) is 0 Å². The molecular weight excluding hydrogens is 318 g/mol. The SMILES string of the molecule is Oc1cccc(C2=CC(c3ccccc3)NC3=C2Cc2ccccc23)c1. The zero-order chi connectivity index (χ0) is 17.5. The first-order valence-electron chi connectivity index (χ1n) is 8.94. The standard InChI is InChI=1S/C24H19NO/c26-19-11-6-10-17(13-19)21-15-23(16-7-2-1-3-8-16)25-24-20-12-5-4-9-18(20)14-22(21)24/h1-13,15,23,25-26H,14H2. The first kappa shape index (κ1) is 15.0. The number of phenols is 1. The lowest BCUT2D eigenvalue weighted by molar-refractivity contribution is 0.475. The highest BCUT2D eigenvalue weighted by atomic mass is 16.3. The third-order valence-electron chi connectivity index (χ3n) is 5.23. The van der Waals surface area contributed by atoms with E-state index in [1.807, 2.05) is 18.2 Å². The average Bonchev–Trinajstić information content (AvgIpc) is 3.06. The maximum atomic E-state index is 9.98. The number of rotatable bonds is 2. The van der Waals surface area contributed by atoms with E-state index in [-0.39, 0.29) is 6.04 Å². The summed E-state index contributed by atoms with van der Waals surface area (Å²) >= 11 is 0. The van der Waals surface area contributed by atoms with Crippen molar-refractivity contribution in [1.29, 1.82) is 0 Å². The molecule has 0 spiro atoms. The molecule has 2 aliphatic rings. The third kappa shape index (κ3) is 2.42. The van der Waals surface area contributed by atoms with Crippen LogP contribution < -0.4 is 5.32 Å². The van der Waals surface area contributed by atoms with Crippen LogP contribution >= 0.6 is 0 Å². The molecule has 2 nitrogen and oxygen atoms in total. The predicted octanol–water partition coefficient (Wildman–Crippen LogP) is 5.09. The summed E-state index contributed by atoms with van der Waals surface area (Å²) in [7, 11) is 0. The van der Waals surface area contributed by atoms with E-state index in [1.54, 1.807) is 6.07 Å². The lowest BCUT2D eigenvalue weighted by atomic mass is 9.89. The molecule has 0 amide bonds. The van der Waals surface area contributed by atoms with Gasteiger partial charge in [0.15, 0.2) is 0 Å². The highest BCUT2D eigenvalue weighted by molar-refractivity contribution is 5.95. The van der Waals surface area contributed by atoms with E-state index >= 15 is 0 Å². The highest BCUT2D eigenvalue weighted by Crippen LogP contribution is 2.44. The fourth-order valence-electron chi connectivity index (χ4n) is 4.00. The van der Waals surface area contributed by atoms with E-state index < -0.39 is 0 Å². The summed E-state index contributed by atoms with van der Waals surface area (Å²) in [6.07, 6.45) is 3.20. The smallest absolute Gasteiger partial charge is 0.116 e. The second-order valence-electron chi connectivity index (χ2n) is 6.85. The molecule has 0 aromatic heterocycles. The van der Waals surface area contributed by atoms with Gasteiger partial charge < -0.3 is 10.4 Å². The normalized spacial score (nSPS) is 18.0. The molecule has 2 N–H and O–H groups in total. The van der Waals surface area contributed by atoms with Crippen LogP contribution in [0.5, 0.6) is 5.75 Å². The number of hydrogen-bond donors (Lipinski definition) is 2. The van der Waals surface area contributed by atoms with Crippen LogP contribution in [-0.2, 0) is 6.42 Å². The summed E-state index contributed by atoms with van der Waals surface area (Å²) < 4.78 is 0. The van der Waals surface area contributed by atoms with Crippen LogP contribution in [0.15, 0.2) is 90.5 Å². The zero-order valence-electron chi connectivity index (χ0n) is 14.3. The second kappa shape index (κ2) is 5.92. The number of dihydropyridines is 1. The second-order valence-corrected chi connectivity index (χ2v) is 6.85. The van der Waals surface area contributed by atoms with E-state index in [9.17, 15) is 5.11 Å². The van der Waals surface area contributed by atoms with Crippen LogP contribution in [0.3, 0.4) is 0 Å². The maximum Gasteiger partial charge on any atom is 0.116 e. The fraction of sp³-hybridized carbons (Fsp3) is 0.0833. The van der Waals surface area contributed by atoms with Crippen LogP contribution in [0.25, 0.3) is 11.3 Å². The number of benzene rings is 3. The van der Waals surface area contributed by atoms with Gasteiger partial charge in [-0.2, -0.15) is 0 Å². The largest absolute Gasteiger partial charge is 0.508 e. The summed E-state index contributed by atoms with van der Waals surface area (Å²) in [5, 5.41) is 13.7. The Balaban J connectivity index is 1.68. The molecule has 1 aliphatic heterocycles. The van der Waals surface area contributed by atoms with Crippen LogP contribution in [-0.4, -0.2) is 5.11 Å².